The molecule has 4 aromatic heterocycles. The van der Waals surface area contributed by atoms with Gasteiger partial charge in [-0.05, 0) is 82.9 Å². The maximum absolute atomic E-state index is 12.6. The molecule has 1 amide bonds. The van der Waals surface area contributed by atoms with Crippen molar-refractivity contribution < 1.29 is 33.0 Å². The van der Waals surface area contributed by atoms with E-state index < -0.39 is 5.97 Å². The van der Waals surface area contributed by atoms with Crippen molar-refractivity contribution >= 4 is 45.1 Å². The minimum atomic E-state index is -0.826. The van der Waals surface area contributed by atoms with E-state index in [1.807, 2.05) is 121 Å². The number of aromatic amines is 2. The number of benzene rings is 6. The number of amides is 1. The van der Waals surface area contributed by atoms with Crippen LogP contribution in [-0.4, -0.2) is 47.3 Å². The molecule has 0 bridgehead atoms. The summed E-state index contributed by atoms with van der Waals surface area (Å²) in [7, 11) is 0. The van der Waals surface area contributed by atoms with Gasteiger partial charge in [0.1, 0.15) is 37.2 Å². The van der Waals surface area contributed by atoms with Gasteiger partial charge in [-0.25, -0.2) is 9.97 Å². The number of nitrogens with one attached hydrogen (secondary N) is 3. The highest BCUT2D eigenvalue weighted by molar-refractivity contribution is 5.98. The maximum Gasteiger partial charge on any atom is 0.307 e. The van der Waals surface area contributed by atoms with Gasteiger partial charge in [-0.3, -0.25) is 19.8 Å². The number of oxazole rings is 2. The Morgan fingerprint density at radius 2 is 1.08 bits per heavy atom. The summed E-state index contributed by atoms with van der Waals surface area (Å²) in [6.07, 6.45) is 6.47. The number of nitrogens with zero attached hydrogens (tertiary/aromatic N) is 4. The van der Waals surface area contributed by atoms with Gasteiger partial charge < -0.3 is 34.5 Å². The smallest absolute Gasteiger partial charge is 0.307 e. The first-order chi connectivity index (χ1) is 31.8. The number of H-pyrrole nitrogens is 2. The van der Waals surface area contributed by atoms with Gasteiger partial charge in [-0.2, -0.15) is 10.2 Å². The Balaban J connectivity index is 0.000000147. The van der Waals surface area contributed by atoms with Crippen LogP contribution in [0.15, 0.2) is 179 Å². The number of rotatable bonds is 13. The Hall–Kier alpha value is -8.98. The molecule has 0 aliphatic rings. The summed E-state index contributed by atoms with van der Waals surface area (Å²) in [4.78, 5) is 31.3. The van der Waals surface area contributed by atoms with Crippen LogP contribution in [0.3, 0.4) is 0 Å². The SMILES string of the molecule is Nc1ccc2[nH]nc(-c3ncco3)c2c1.O=C(Cc1ccc(OCc2ccccc2)cc1)Nc1ccc2[nH]nc(-c3ncco3)c2c1.O=C(O)Cc1ccc(OCc2ccccc2)cc1. The van der Waals surface area contributed by atoms with Gasteiger partial charge in [0.2, 0.25) is 17.7 Å². The highest BCUT2D eigenvalue weighted by atomic mass is 16.5. The van der Waals surface area contributed by atoms with Crippen molar-refractivity contribution in [3.8, 4) is 34.7 Å². The first kappa shape index (κ1) is 42.7. The second-order valence-electron chi connectivity index (χ2n) is 14.5. The lowest BCUT2D eigenvalue weighted by Crippen LogP contribution is -2.14. The fourth-order valence-electron chi connectivity index (χ4n) is 6.58. The lowest BCUT2D eigenvalue weighted by atomic mass is 10.1. The highest BCUT2D eigenvalue weighted by Crippen LogP contribution is 2.28. The Bertz CT molecular complexity index is 3060. The number of hydrogen-bond acceptors (Lipinski definition) is 11. The number of hydrogen-bond donors (Lipinski definition) is 5. The molecule has 0 aliphatic heterocycles. The summed E-state index contributed by atoms with van der Waals surface area (Å²) >= 11 is 0. The lowest BCUT2D eigenvalue weighted by Gasteiger charge is -2.08. The number of carbonyl (C=O) groups is 2. The number of carbonyl (C=O) groups excluding carboxylic acids is 1. The third-order valence-corrected chi connectivity index (χ3v) is 9.77. The number of anilines is 2. The van der Waals surface area contributed by atoms with E-state index in [0.29, 0.717) is 47.8 Å². The average molecular weight is 867 g/mol. The van der Waals surface area contributed by atoms with E-state index in [9.17, 15) is 9.59 Å². The van der Waals surface area contributed by atoms with Crippen molar-refractivity contribution in [2.45, 2.75) is 26.1 Å². The van der Waals surface area contributed by atoms with E-state index in [1.54, 1.807) is 36.7 Å². The number of carboxylic acid groups (broad SMARTS) is 1. The van der Waals surface area contributed by atoms with Crippen LogP contribution in [0.25, 0.3) is 45.0 Å². The molecule has 65 heavy (non-hydrogen) atoms. The molecule has 4 heterocycles. The van der Waals surface area contributed by atoms with Crippen molar-refractivity contribution in [1.82, 2.24) is 30.4 Å². The zero-order chi connectivity index (χ0) is 44.8. The fraction of sp³-hybridized carbons (Fsp3) is 0.0800. The number of nitrogen functional groups attached to an aromatic ring is 1. The molecule has 0 fully saturated rings. The molecule has 0 atom stereocenters. The minimum Gasteiger partial charge on any atom is -0.489 e. The molecule has 6 aromatic carbocycles. The second-order valence-corrected chi connectivity index (χ2v) is 14.5. The molecule has 0 aliphatic carbocycles. The van der Waals surface area contributed by atoms with Crippen molar-refractivity contribution in [3.05, 3.63) is 193 Å². The zero-order valence-electron chi connectivity index (χ0n) is 34.8. The van der Waals surface area contributed by atoms with Crippen molar-refractivity contribution in [2.75, 3.05) is 11.1 Å². The average Bonchev–Trinajstić information content (AvgIpc) is 4.18. The minimum absolute atomic E-state index is 0.0406. The third kappa shape index (κ3) is 11.7. The zero-order valence-corrected chi connectivity index (χ0v) is 34.8. The molecule has 10 aromatic rings. The normalized spacial score (nSPS) is 10.6. The van der Waals surface area contributed by atoms with Crippen LogP contribution in [-0.2, 0) is 35.6 Å². The van der Waals surface area contributed by atoms with Gasteiger partial charge in [-0.15, -0.1) is 0 Å². The number of aromatic nitrogens is 6. The van der Waals surface area contributed by atoms with E-state index in [1.165, 1.54) is 12.5 Å². The van der Waals surface area contributed by atoms with Crippen LogP contribution in [0.2, 0.25) is 0 Å². The molecule has 0 saturated carbocycles. The van der Waals surface area contributed by atoms with E-state index in [2.05, 4.69) is 35.7 Å². The molecule has 10 rings (SSSR count). The van der Waals surface area contributed by atoms with Gasteiger partial charge in [-0.1, -0.05) is 84.9 Å². The molecule has 0 unspecified atom stereocenters. The number of ether oxygens (including phenoxy) is 2. The summed E-state index contributed by atoms with van der Waals surface area (Å²) in [5.41, 5.74) is 14.0. The molecule has 0 radical (unpaired) electrons. The Morgan fingerprint density at radius 3 is 1.57 bits per heavy atom. The first-order valence-corrected chi connectivity index (χ1v) is 20.4. The molecule has 324 valence electrons. The Labute approximate surface area is 371 Å². The third-order valence-electron chi connectivity index (χ3n) is 9.77. The predicted octanol–water partition coefficient (Wildman–Crippen LogP) is 9.67. The van der Waals surface area contributed by atoms with Gasteiger partial charge in [0.15, 0.2) is 11.4 Å². The monoisotopic (exact) mass is 866 g/mol. The van der Waals surface area contributed by atoms with Crippen LogP contribution in [0.1, 0.15) is 22.3 Å². The summed E-state index contributed by atoms with van der Waals surface area (Å²) in [6.45, 7) is 1.02. The molecule has 15 heteroatoms. The molecule has 0 saturated heterocycles. The van der Waals surface area contributed by atoms with Crippen molar-refractivity contribution in [2.24, 2.45) is 0 Å². The molecule has 6 N–H and O–H groups in total. The highest BCUT2D eigenvalue weighted by Gasteiger charge is 2.14. The predicted molar refractivity (Wildman–Crippen MR) is 246 cm³/mol. The summed E-state index contributed by atoms with van der Waals surface area (Å²) in [5.74, 6) is 1.49. The number of nitrogens with two attached hydrogens (primary N) is 1. The molecular formula is C50H42N8O7. The molecule has 15 nitrogen and oxygen atoms in total. The van der Waals surface area contributed by atoms with E-state index >= 15 is 0 Å². The largest absolute Gasteiger partial charge is 0.489 e. The maximum atomic E-state index is 12.6. The number of aliphatic carboxylic acids is 1. The van der Waals surface area contributed by atoms with E-state index in [0.717, 1.165) is 55.6 Å². The van der Waals surface area contributed by atoms with Gasteiger partial charge >= 0.3 is 5.97 Å². The van der Waals surface area contributed by atoms with Crippen LogP contribution in [0, 0.1) is 0 Å². The topological polar surface area (TPSA) is 220 Å². The van der Waals surface area contributed by atoms with E-state index in [-0.39, 0.29) is 18.7 Å². The lowest BCUT2D eigenvalue weighted by molar-refractivity contribution is -0.136. The quantitative estimate of drug-likeness (QED) is 0.0684. The fourth-order valence-corrected chi connectivity index (χ4v) is 6.58. The van der Waals surface area contributed by atoms with Crippen LogP contribution >= 0.6 is 0 Å². The van der Waals surface area contributed by atoms with Gasteiger partial charge in [0.05, 0.1) is 36.3 Å². The number of fused-ring (bicyclic) bond motifs is 2. The van der Waals surface area contributed by atoms with Crippen LogP contribution < -0.4 is 20.5 Å². The van der Waals surface area contributed by atoms with Crippen molar-refractivity contribution in [3.63, 3.8) is 0 Å². The standard InChI is InChI=1S/C25H20N4O3.C15H14O3.C10H8N4O/c30-23(14-17-6-9-20(10-7-17)32-16-18-4-2-1-3-5-18)27-19-8-11-22-21(15-19)24(29-28-22)25-26-12-13-31-25;16-15(17)10-12-6-8-14(9-7-12)18-11-13-4-2-1-3-5-13;11-6-1-2-8-7(5-6)9(14-13-8)10-12-3-4-15-10/h1-13,15H,14,16H2,(H,27,30)(H,28,29);1-9H,10-11H2,(H,16,17);1-5H,11H2,(H,13,14). The summed E-state index contributed by atoms with van der Waals surface area (Å²) < 4.78 is 21.9. The van der Waals surface area contributed by atoms with Crippen LogP contribution in [0.5, 0.6) is 11.5 Å². The first-order valence-electron chi connectivity index (χ1n) is 20.4. The van der Waals surface area contributed by atoms with E-state index in [4.69, 9.17) is 29.1 Å². The number of carboxylic acids is 1. The Kier molecular flexibility index (Phi) is 13.6. The summed E-state index contributed by atoms with van der Waals surface area (Å²) in [5, 5.41) is 27.6. The van der Waals surface area contributed by atoms with Crippen molar-refractivity contribution in [1.29, 1.82) is 0 Å². The summed E-state index contributed by atoms with van der Waals surface area (Å²) in [6, 6.07) is 45.7. The van der Waals surface area contributed by atoms with Crippen LogP contribution in [0.4, 0.5) is 11.4 Å². The van der Waals surface area contributed by atoms with Gasteiger partial charge in [0.25, 0.3) is 0 Å². The molecule has 0 spiro atoms. The second kappa shape index (κ2) is 20.7. The van der Waals surface area contributed by atoms with Gasteiger partial charge in [0, 0.05) is 22.1 Å². The molecular weight excluding hydrogens is 825 g/mol. The Morgan fingerprint density at radius 1 is 0.585 bits per heavy atom.